The van der Waals surface area contributed by atoms with Crippen LogP contribution in [0.15, 0.2) is 29.2 Å². The Hall–Kier alpha value is -2.58. The van der Waals surface area contributed by atoms with Crippen LogP contribution in [0.1, 0.15) is 68.1 Å². The Morgan fingerprint density at radius 2 is 2.00 bits per heavy atom. The van der Waals surface area contributed by atoms with E-state index in [1.165, 1.54) is 6.07 Å². The van der Waals surface area contributed by atoms with Crippen LogP contribution >= 0.6 is 11.9 Å². The van der Waals surface area contributed by atoms with Gasteiger partial charge in [-0.15, -0.1) is 0 Å². The van der Waals surface area contributed by atoms with Gasteiger partial charge in [0.05, 0.1) is 11.3 Å². The lowest BCUT2D eigenvalue weighted by Crippen LogP contribution is -2.28. The molecule has 0 spiro atoms. The van der Waals surface area contributed by atoms with Gasteiger partial charge in [0, 0.05) is 16.0 Å². The third-order valence-corrected chi connectivity index (χ3v) is 5.78. The van der Waals surface area contributed by atoms with Crippen LogP contribution < -0.4 is 15.5 Å². The van der Waals surface area contributed by atoms with E-state index in [0.29, 0.717) is 27.2 Å². The van der Waals surface area contributed by atoms with Gasteiger partial charge in [-0.1, -0.05) is 33.8 Å². The van der Waals surface area contributed by atoms with Crippen molar-refractivity contribution in [1.29, 1.82) is 5.26 Å². The number of aliphatic hydroxyl groups excluding tert-OH is 1. The number of nitriles is 1. The zero-order valence-corrected chi connectivity index (χ0v) is 18.4. The first-order valence-corrected chi connectivity index (χ1v) is 10.6. The number of aliphatic hydroxyl groups is 1. The summed E-state index contributed by atoms with van der Waals surface area (Å²) in [6.07, 6.45) is -1.23. The summed E-state index contributed by atoms with van der Waals surface area (Å²) in [6.45, 7) is 7.41. The minimum Gasteiger partial charge on any atom is -0.423 e. The van der Waals surface area contributed by atoms with Crippen LogP contribution in [-0.4, -0.2) is 23.3 Å². The lowest BCUT2D eigenvalue weighted by molar-refractivity contribution is -0.0220. The highest BCUT2D eigenvalue weighted by Crippen LogP contribution is 2.36. The fourth-order valence-electron chi connectivity index (χ4n) is 3.49. The highest BCUT2D eigenvalue weighted by molar-refractivity contribution is 7.98. The Morgan fingerprint density at radius 3 is 2.61 bits per heavy atom. The number of fused-ring (bicyclic) bond motifs is 1. The van der Waals surface area contributed by atoms with Gasteiger partial charge in [0.2, 0.25) is 0 Å². The smallest absolute Gasteiger partial charge is 0.423 e. The summed E-state index contributed by atoms with van der Waals surface area (Å²) < 4.78 is 22.4. The first-order valence-electron chi connectivity index (χ1n) is 9.79. The van der Waals surface area contributed by atoms with E-state index in [0.717, 1.165) is 11.9 Å². The molecule has 3 rings (SSSR count). The van der Waals surface area contributed by atoms with Crippen LogP contribution in [0.2, 0.25) is 0 Å². The molecule has 1 unspecified atom stereocenters. The average Bonchev–Trinajstić information content (AvgIpc) is 2.99. The normalized spacial score (nSPS) is 15.2. The van der Waals surface area contributed by atoms with E-state index in [2.05, 4.69) is 10.0 Å². The van der Waals surface area contributed by atoms with Crippen molar-refractivity contribution in [3.8, 4) is 6.07 Å². The molecular formula is C21H23BFN3O4S. The SMILES string of the molecule is CC(C)c1cc(C#N)c(F)c(C(C)C)c1NC(=O)NSc1ccc2c(c1)C(O)OB2O. The number of hydrogen-bond acceptors (Lipinski definition) is 6. The molecule has 0 fully saturated rings. The largest absolute Gasteiger partial charge is 0.493 e. The highest BCUT2D eigenvalue weighted by atomic mass is 32.2. The first-order chi connectivity index (χ1) is 14.6. The van der Waals surface area contributed by atoms with Crippen molar-refractivity contribution in [2.75, 3.05) is 5.32 Å². The van der Waals surface area contributed by atoms with Crippen molar-refractivity contribution in [3.05, 3.63) is 52.3 Å². The number of halogens is 1. The molecular weight excluding hydrogens is 420 g/mol. The second kappa shape index (κ2) is 9.28. The molecule has 0 aliphatic carbocycles. The Bertz CT molecular complexity index is 1060. The molecule has 162 valence electrons. The number of urea groups is 1. The van der Waals surface area contributed by atoms with Crippen LogP contribution in [-0.2, 0) is 4.65 Å². The Labute approximate surface area is 184 Å². The van der Waals surface area contributed by atoms with Crippen molar-refractivity contribution in [1.82, 2.24) is 4.72 Å². The lowest BCUT2D eigenvalue weighted by Gasteiger charge is -2.22. The van der Waals surface area contributed by atoms with Crippen molar-refractivity contribution >= 4 is 36.2 Å². The number of benzene rings is 2. The second-order valence-corrected chi connectivity index (χ2v) is 8.71. The molecule has 0 saturated carbocycles. The van der Waals surface area contributed by atoms with E-state index in [9.17, 15) is 24.6 Å². The Balaban J connectivity index is 1.82. The van der Waals surface area contributed by atoms with Crippen molar-refractivity contribution in [2.24, 2.45) is 0 Å². The van der Waals surface area contributed by atoms with Gasteiger partial charge in [0.1, 0.15) is 11.9 Å². The maximum absolute atomic E-state index is 14.9. The summed E-state index contributed by atoms with van der Waals surface area (Å²) in [6, 6.07) is 7.70. The molecule has 0 bridgehead atoms. The summed E-state index contributed by atoms with van der Waals surface area (Å²) in [5, 5.41) is 31.6. The van der Waals surface area contributed by atoms with Crippen LogP contribution in [0.25, 0.3) is 0 Å². The number of anilines is 1. The van der Waals surface area contributed by atoms with Gasteiger partial charge in [0.25, 0.3) is 0 Å². The maximum Gasteiger partial charge on any atom is 0.493 e. The van der Waals surface area contributed by atoms with Gasteiger partial charge < -0.3 is 20.1 Å². The molecule has 0 radical (unpaired) electrons. The van der Waals surface area contributed by atoms with Gasteiger partial charge in [-0.2, -0.15) is 5.26 Å². The average molecular weight is 443 g/mol. The zero-order valence-electron chi connectivity index (χ0n) is 17.6. The van der Waals surface area contributed by atoms with Crippen LogP contribution in [0, 0.1) is 17.1 Å². The summed E-state index contributed by atoms with van der Waals surface area (Å²) in [4.78, 5) is 13.2. The molecule has 2 aromatic rings. The number of hydrogen-bond donors (Lipinski definition) is 4. The molecule has 31 heavy (non-hydrogen) atoms. The van der Waals surface area contributed by atoms with Gasteiger partial charge in [-0.05, 0) is 53.0 Å². The van der Waals surface area contributed by atoms with E-state index in [1.54, 1.807) is 32.0 Å². The number of nitrogens with one attached hydrogen (secondary N) is 2. The molecule has 10 heteroatoms. The minimum absolute atomic E-state index is 0.0437. The second-order valence-electron chi connectivity index (χ2n) is 7.83. The number of rotatable bonds is 5. The standard InChI is InChI=1S/C21H23BFN3O4S/c1-10(2)14-7-12(9-24)18(23)17(11(3)4)19(14)25-21(28)26-31-13-5-6-16-15(8-13)20(27)30-22(16)29/h5-8,10-11,20,27,29H,1-4H3,(H2,25,26,28). The minimum atomic E-state index is -1.23. The quantitative estimate of drug-likeness (QED) is 0.416. The van der Waals surface area contributed by atoms with Crippen molar-refractivity contribution in [3.63, 3.8) is 0 Å². The number of amides is 2. The van der Waals surface area contributed by atoms with Crippen molar-refractivity contribution < 1.29 is 24.0 Å². The predicted molar refractivity (Wildman–Crippen MR) is 117 cm³/mol. The summed E-state index contributed by atoms with van der Waals surface area (Å²) >= 11 is 1.00. The van der Waals surface area contributed by atoms with Crippen molar-refractivity contribution in [2.45, 2.75) is 50.7 Å². The monoisotopic (exact) mass is 443 g/mol. The van der Waals surface area contributed by atoms with E-state index in [1.807, 2.05) is 19.9 Å². The third-order valence-electron chi connectivity index (χ3n) is 5.00. The van der Waals surface area contributed by atoms with Crippen LogP contribution in [0.4, 0.5) is 14.9 Å². The fourth-order valence-corrected chi connectivity index (χ4v) is 4.07. The van der Waals surface area contributed by atoms with Crippen LogP contribution in [0.5, 0.6) is 0 Å². The number of nitrogens with zero attached hydrogens (tertiary/aromatic N) is 1. The number of carbonyl (C=O) groups excluding carboxylic acids is 1. The summed E-state index contributed by atoms with van der Waals surface area (Å²) in [7, 11) is -1.18. The van der Waals surface area contributed by atoms with E-state index in [4.69, 9.17) is 4.65 Å². The molecule has 7 nitrogen and oxygen atoms in total. The number of carbonyl (C=O) groups is 1. The lowest BCUT2D eigenvalue weighted by atomic mass is 9.80. The molecule has 1 atom stereocenters. The van der Waals surface area contributed by atoms with E-state index in [-0.39, 0.29) is 23.0 Å². The van der Waals surface area contributed by atoms with Crippen LogP contribution in [0.3, 0.4) is 0 Å². The van der Waals surface area contributed by atoms with Gasteiger partial charge in [-0.3, -0.25) is 4.72 Å². The fraction of sp³-hybridized carbons (Fsp3) is 0.333. The molecule has 0 aromatic heterocycles. The molecule has 1 heterocycles. The Morgan fingerprint density at radius 1 is 1.29 bits per heavy atom. The van der Waals surface area contributed by atoms with Gasteiger partial charge in [0.15, 0.2) is 6.29 Å². The van der Waals surface area contributed by atoms with E-state index >= 15 is 0 Å². The van der Waals surface area contributed by atoms with Gasteiger partial charge in [-0.25, -0.2) is 9.18 Å². The molecule has 2 amide bonds. The first kappa shape index (κ1) is 23.1. The highest BCUT2D eigenvalue weighted by Gasteiger charge is 2.34. The third kappa shape index (κ3) is 4.70. The summed E-state index contributed by atoms with van der Waals surface area (Å²) in [5.41, 5.74) is 2.17. The van der Waals surface area contributed by atoms with Gasteiger partial charge >= 0.3 is 13.1 Å². The molecule has 2 aromatic carbocycles. The Kier molecular flexibility index (Phi) is 6.91. The summed E-state index contributed by atoms with van der Waals surface area (Å²) in [5.74, 6) is -0.924. The maximum atomic E-state index is 14.9. The molecule has 1 aliphatic rings. The molecule has 1 aliphatic heterocycles. The molecule has 4 N–H and O–H groups in total. The predicted octanol–water partition coefficient (Wildman–Crippen LogP) is 3.48. The molecule has 0 saturated heterocycles. The zero-order chi connectivity index (χ0) is 22.9. The topological polar surface area (TPSA) is 115 Å². The van der Waals surface area contributed by atoms with E-state index < -0.39 is 25.3 Å².